The van der Waals surface area contributed by atoms with Crippen molar-refractivity contribution in [2.75, 3.05) is 18.5 Å². The number of carbonyl (C=O) groups is 1. The number of hydrogen-bond acceptors (Lipinski definition) is 4. The van der Waals surface area contributed by atoms with E-state index in [0.29, 0.717) is 23.6 Å². The van der Waals surface area contributed by atoms with E-state index in [0.717, 1.165) is 5.39 Å². The molecule has 20 heavy (non-hydrogen) atoms. The highest BCUT2D eigenvalue weighted by Crippen LogP contribution is 2.42. The average Bonchev–Trinajstić information content (AvgIpc) is 2.80. The van der Waals surface area contributed by atoms with Crippen LogP contribution >= 0.6 is 11.8 Å². The van der Waals surface area contributed by atoms with Gasteiger partial charge in [0.05, 0.1) is 0 Å². The van der Waals surface area contributed by atoms with E-state index in [-0.39, 0.29) is 10.7 Å². The van der Waals surface area contributed by atoms with Crippen molar-refractivity contribution < 1.29 is 9.21 Å². The van der Waals surface area contributed by atoms with Crippen LogP contribution in [0, 0.1) is 0 Å². The highest BCUT2D eigenvalue weighted by molar-refractivity contribution is 8.00. The largest absolute Gasteiger partial charge is 0.451 e. The van der Waals surface area contributed by atoms with E-state index in [9.17, 15) is 4.79 Å². The lowest BCUT2D eigenvalue weighted by atomic mass is 9.84. The minimum Gasteiger partial charge on any atom is -0.451 e. The lowest BCUT2D eigenvalue weighted by Gasteiger charge is -2.40. The summed E-state index contributed by atoms with van der Waals surface area (Å²) in [6.45, 7) is 0.701. The summed E-state index contributed by atoms with van der Waals surface area (Å²) in [6, 6.07) is 7.11. The first-order valence-electron chi connectivity index (χ1n) is 6.74. The number of nitrogens with one attached hydrogen (secondary N) is 1. The van der Waals surface area contributed by atoms with E-state index >= 15 is 0 Å². The predicted molar refractivity (Wildman–Crippen MR) is 83.1 cm³/mol. The first kappa shape index (κ1) is 13.4. The molecule has 3 N–H and O–H groups in total. The highest BCUT2D eigenvalue weighted by Gasteiger charge is 2.36. The van der Waals surface area contributed by atoms with Crippen molar-refractivity contribution in [3.8, 4) is 0 Å². The molecule has 4 nitrogen and oxygen atoms in total. The molecule has 0 bridgehead atoms. The van der Waals surface area contributed by atoms with Crippen molar-refractivity contribution in [2.45, 2.75) is 24.0 Å². The maximum absolute atomic E-state index is 12.2. The van der Waals surface area contributed by atoms with E-state index in [2.05, 4.69) is 11.6 Å². The molecule has 1 aliphatic rings. The van der Waals surface area contributed by atoms with Gasteiger partial charge in [0.25, 0.3) is 5.91 Å². The summed E-state index contributed by atoms with van der Waals surface area (Å²) in [5.74, 6) is 0.196. The lowest BCUT2D eigenvalue weighted by Crippen LogP contribution is -2.45. The second-order valence-corrected chi connectivity index (χ2v) is 6.61. The number of nitrogen functional groups attached to an aromatic ring is 1. The van der Waals surface area contributed by atoms with Crippen molar-refractivity contribution in [2.24, 2.45) is 0 Å². The smallest absolute Gasteiger partial charge is 0.287 e. The fourth-order valence-corrected chi connectivity index (χ4v) is 3.44. The van der Waals surface area contributed by atoms with E-state index in [1.54, 1.807) is 18.2 Å². The molecular formula is C15H18N2O2S. The Kier molecular flexibility index (Phi) is 3.38. The number of thioether (sulfide) groups is 1. The molecule has 1 aromatic carbocycles. The minimum atomic E-state index is -0.153. The van der Waals surface area contributed by atoms with Crippen LogP contribution in [0.5, 0.6) is 0 Å². The summed E-state index contributed by atoms with van der Waals surface area (Å²) in [7, 11) is 0. The second kappa shape index (κ2) is 5.05. The van der Waals surface area contributed by atoms with Crippen molar-refractivity contribution in [1.29, 1.82) is 0 Å². The summed E-state index contributed by atoms with van der Waals surface area (Å²) >= 11 is 1.84. The van der Waals surface area contributed by atoms with Crippen molar-refractivity contribution in [3.63, 3.8) is 0 Å². The van der Waals surface area contributed by atoms with Gasteiger partial charge < -0.3 is 15.5 Å². The Hall–Kier alpha value is -1.62. The van der Waals surface area contributed by atoms with Crippen LogP contribution in [0.2, 0.25) is 0 Å². The Morgan fingerprint density at radius 1 is 1.45 bits per heavy atom. The van der Waals surface area contributed by atoms with Crippen LogP contribution in [0.25, 0.3) is 11.0 Å². The lowest BCUT2D eigenvalue weighted by molar-refractivity contribution is 0.0918. The molecule has 2 aromatic rings. The third-order valence-corrected chi connectivity index (χ3v) is 5.45. The summed E-state index contributed by atoms with van der Waals surface area (Å²) in [5.41, 5.74) is 7.08. The Morgan fingerprint density at radius 3 is 2.90 bits per heavy atom. The summed E-state index contributed by atoms with van der Waals surface area (Å²) in [4.78, 5) is 12.2. The Balaban J connectivity index is 1.72. The topological polar surface area (TPSA) is 68.3 Å². The van der Waals surface area contributed by atoms with Gasteiger partial charge in [-0.15, -0.1) is 0 Å². The Labute approximate surface area is 122 Å². The normalized spacial score (nSPS) is 16.9. The van der Waals surface area contributed by atoms with Crippen molar-refractivity contribution >= 4 is 34.3 Å². The number of amides is 1. The number of furan rings is 1. The van der Waals surface area contributed by atoms with Gasteiger partial charge in [-0.1, -0.05) is 6.42 Å². The zero-order valence-corrected chi connectivity index (χ0v) is 12.3. The molecule has 0 unspecified atom stereocenters. The van der Waals surface area contributed by atoms with Gasteiger partial charge in [0.1, 0.15) is 5.58 Å². The predicted octanol–water partition coefficient (Wildman–Crippen LogP) is 3.03. The van der Waals surface area contributed by atoms with Gasteiger partial charge in [0.15, 0.2) is 5.76 Å². The molecule has 1 heterocycles. The SMILES string of the molecule is CSC1(CNC(=O)c2cc3cc(N)ccc3o2)CCC1. The first-order chi connectivity index (χ1) is 9.62. The zero-order valence-electron chi connectivity index (χ0n) is 11.4. The zero-order chi connectivity index (χ0) is 14.2. The van der Waals surface area contributed by atoms with Crippen molar-refractivity contribution in [3.05, 3.63) is 30.0 Å². The van der Waals surface area contributed by atoms with E-state index in [4.69, 9.17) is 10.2 Å². The number of rotatable bonds is 4. The van der Waals surface area contributed by atoms with Gasteiger partial charge >= 0.3 is 0 Å². The van der Waals surface area contributed by atoms with Crippen LogP contribution in [0.1, 0.15) is 29.8 Å². The minimum absolute atomic E-state index is 0.153. The molecule has 0 radical (unpaired) electrons. The van der Waals surface area contributed by atoms with Crippen LogP contribution in [0.15, 0.2) is 28.7 Å². The Bertz CT molecular complexity index is 641. The standard InChI is InChI=1S/C15H18N2O2S/c1-20-15(5-2-6-15)9-17-14(18)13-8-10-7-11(16)3-4-12(10)19-13/h3-4,7-8H,2,5-6,9,16H2,1H3,(H,17,18). The van der Waals surface area contributed by atoms with Crippen LogP contribution in [-0.4, -0.2) is 23.5 Å². The number of benzene rings is 1. The third kappa shape index (κ3) is 2.38. The molecule has 106 valence electrons. The fraction of sp³-hybridized carbons (Fsp3) is 0.400. The third-order valence-electron chi connectivity index (χ3n) is 4.03. The Morgan fingerprint density at radius 2 is 2.25 bits per heavy atom. The monoisotopic (exact) mass is 290 g/mol. The fourth-order valence-electron chi connectivity index (χ4n) is 2.53. The maximum atomic E-state index is 12.2. The van der Waals surface area contributed by atoms with Gasteiger partial charge in [0.2, 0.25) is 0 Å². The van der Waals surface area contributed by atoms with E-state index in [1.807, 2.05) is 17.8 Å². The van der Waals surface area contributed by atoms with Crippen LogP contribution in [-0.2, 0) is 0 Å². The van der Waals surface area contributed by atoms with Crippen molar-refractivity contribution in [1.82, 2.24) is 5.32 Å². The molecule has 5 heteroatoms. The average molecular weight is 290 g/mol. The molecular weight excluding hydrogens is 272 g/mol. The van der Waals surface area contributed by atoms with Crippen LogP contribution in [0.4, 0.5) is 5.69 Å². The maximum Gasteiger partial charge on any atom is 0.287 e. The molecule has 1 aliphatic carbocycles. The number of fused-ring (bicyclic) bond motifs is 1. The highest BCUT2D eigenvalue weighted by atomic mass is 32.2. The molecule has 1 amide bonds. The summed E-state index contributed by atoms with van der Waals surface area (Å²) in [6.07, 6.45) is 5.70. The van der Waals surface area contributed by atoms with Gasteiger partial charge in [-0.25, -0.2) is 0 Å². The molecule has 0 atom stereocenters. The molecule has 1 aromatic heterocycles. The van der Waals surface area contributed by atoms with Crippen LogP contribution < -0.4 is 11.1 Å². The first-order valence-corrected chi connectivity index (χ1v) is 7.97. The van der Waals surface area contributed by atoms with Crippen LogP contribution in [0.3, 0.4) is 0 Å². The number of nitrogens with two attached hydrogens (primary N) is 1. The molecule has 1 fully saturated rings. The molecule has 0 saturated heterocycles. The molecule has 3 rings (SSSR count). The van der Waals surface area contributed by atoms with Gasteiger partial charge in [0, 0.05) is 22.4 Å². The van der Waals surface area contributed by atoms with Gasteiger partial charge in [-0.05, 0) is 43.4 Å². The number of hydrogen-bond donors (Lipinski definition) is 2. The van der Waals surface area contributed by atoms with Gasteiger partial charge in [-0.3, -0.25) is 4.79 Å². The van der Waals surface area contributed by atoms with E-state index < -0.39 is 0 Å². The quantitative estimate of drug-likeness (QED) is 0.849. The number of anilines is 1. The summed E-state index contributed by atoms with van der Waals surface area (Å²) < 4.78 is 5.79. The summed E-state index contributed by atoms with van der Waals surface area (Å²) in [5, 5.41) is 3.84. The number of carbonyl (C=O) groups excluding carboxylic acids is 1. The van der Waals surface area contributed by atoms with Gasteiger partial charge in [-0.2, -0.15) is 11.8 Å². The molecule has 0 aliphatic heterocycles. The second-order valence-electron chi connectivity index (χ2n) is 5.33. The van der Waals surface area contributed by atoms with E-state index in [1.165, 1.54) is 19.3 Å². The molecule has 0 spiro atoms. The molecule has 1 saturated carbocycles.